The molecule has 0 bridgehead atoms. The minimum Gasteiger partial charge on any atom is -0.457 e. The topological polar surface area (TPSA) is 50.5 Å². The Kier molecular flexibility index (Phi) is 3.21. The van der Waals surface area contributed by atoms with Crippen LogP contribution in [0.5, 0.6) is 0 Å². The first-order valence-corrected chi connectivity index (χ1v) is 6.43. The molecule has 0 aliphatic carbocycles. The lowest BCUT2D eigenvalue weighted by atomic mass is 10.2. The van der Waals surface area contributed by atoms with Crippen LogP contribution >= 0.6 is 0 Å². The number of rotatable bonds is 2. The number of amides is 2. The predicted molar refractivity (Wildman–Crippen MR) is 75.7 cm³/mol. The Bertz CT molecular complexity index is 691. The van der Waals surface area contributed by atoms with E-state index in [-0.39, 0.29) is 11.8 Å². The molecule has 3 rings (SSSR count). The number of fused-ring (bicyclic) bond motifs is 1. The minimum absolute atomic E-state index is 0.268. The van der Waals surface area contributed by atoms with Crippen LogP contribution in [-0.2, 0) is 9.59 Å². The maximum absolute atomic E-state index is 11.9. The largest absolute Gasteiger partial charge is 0.457 e. The highest BCUT2D eigenvalue weighted by Crippen LogP contribution is 2.19. The molecule has 20 heavy (non-hydrogen) atoms. The Balaban J connectivity index is 1.78. The Hall–Kier alpha value is -2.62. The molecule has 0 atom stereocenters. The van der Waals surface area contributed by atoms with Crippen LogP contribution in [0.25, 0.3) is 17.0 Å². The second kappa shape index (κ2) is 5.17. The number of nitrogens with zero attached hydrogens (tertiary/aromatic N) is 1. The number of imide groups is 1. The number of para-hydroxylation sites is 1. The zero-order valence-corrected chi connectivity index (χ0v) is 10.8. The summed E-state index contributed by atoms with van der Waals surface area (Å²) in [6, 6.07) is 9.49. The van der Waals surface area contributed by atoms with Crippen molar-refractivity contribution < 1.29 is 14.0 Å². The average Bonchev–Trinajstić information content (AvgIpc) is 2.88. The van der Waals surface area contributed by atoms with E-state index in [0.717, 1.165) is 11.0 Å². The molecule has 0 unspecified atom stereocenters. The third-order valence-electron chi connectivity index (χ3n) is 3.15. The normalized spacial score (nSPS) is 15.4. The number of hydrogen-bond donors (Lipinski definition) is 0. The molecule has 0 fully saturated rings. The van der Waals surface area contributed by atoms with Gasteiger partial charge in [0.25, 0.3) is 11.8 Å². The monoisotopic (exact) mass is 267 g/mol. The van der Waals surface area contributed by atoms with Crippen molar-refractivity contribution in [3.63, 3.8) is 0 Å². The average molecular weight is 267 g/mol. The van der Waals surface area contributed by atoms with Crippen molar-refractivity contribution in [3.8, 4) is 0 Å². The van der Waals surface area contributed by atoms with Crippen LogP contribution in [0.2, 0.25) is 0 Å². The molecule has 2 heterocycles. The molecule has 0 saturated heterocycles. The van der Waals surface area contributed by atoms with Gasteiger partial charge in [0.1, 0.15) is 11.3 Å². The molecule has 2 amide bonds. The Labute approximate surface area is 116 Å². The van der Waals surface area contributed by atoms with Crippen molar-refractivity contribution in [1.29, 1.82) is 0 Å². The van der Waals surface area contributed by atoms with E-state index in [9.17, 15) is 9.59 Å². The van der Waals surface area contributed by atoms with Gasteiger partial charge in [0.2, 0.25) is 0 Å². The summed E-state index contributed by atoms with van der Waals surface area (Å²) in [6.07, 6.45) is 6.87. The first-order valence-electron chi connectivity index (χ1n) is 6.43. The first-order chi connectivity index (χ1) is 9.74. The molecule has 0 N–H and O–H groups in total. The minimum atomic E-state index is -0.320. The molecule has 4 heteroatoms. The first kappa shape index (κ1) is 12.4. The van der Waals surface area contributed by atoms with E-state index in [1.165, 1.54) is 17.1 Å². The van der Waals surface area contributed by atoms with Gasteiger partial charge in [-0.25, -0.2) is 0 Å². The second-order valence-electron chi connectivity index (χ2n) is 4.54. The molecule has 0 radical (unpaired) electrons. The van der Waals surface area contributed by atoms with Crippen LogP contribution in [0, 0.1) is 0 Å². The Morgan fingerprint density at radius 1 is 1.30 bits per heavy atom. The number of carbonyl (C=O) groups is 2. The zero-order chi connectivity index (χ0) is 13.9. The number of carbonyl (C=O) groups excluding carboxylic acids is 2. The molecular formula is C16H13NO3. The molecule has 1 aromatic carbocycles. The highest BCUT2D eigenvalue weighted by molar-refractivity contribution is 6.06. The van der Waals surface area contributed by atoms with E-state index in [2.05, 4.69) is 0 Å². The molecule has 1 aromatic heterocycles. The summed E-state index contributed by atoms with van der Waals surface area (Å²) in [4.78, 5) is 24.7. The molecular weight excluding hydrogens is 254 g/mol. The molecule has 0 spiro atoms. The van der Waals surface area contributed by atoms with Gasteiger partial charge in [-0.1, -0.05) is 24.3 Å². The van der Waals surface area contributed by atoms with Crippen molar-refractivity contribution in [2.24, 2.45) is 0 Å². The number of hydrogen-bond acceptors (Lipinski definition) is 3. The molecule has 1 aliphatic heterocycles. The summed E-state index contributed by atoms with van der Waals surface area (Å²) in [6.45, 7) is 0.429. The molecule has 1 aliphatic rings. The summed E-state index contributed by atoms with van der Waals surface area (Å²) >= 11 is 0. The van der Waals surface area contributed by atoms with Crippen LogP contribution in [0.4, 0.5) is 0 Å². The lowest BCUT2D eigenvalue weighted by Crippen LogP contribution is -2.37. The zero-order valence-electron chi connectivity index (χ0n) is 10.8. The van der Waals surface area contributed by atoms with Crippen LogP contribution in [-0.4, -0.2) is 23.3 Å². The summed E-state index contributed by atoms with van der Waals surface area (Å²) in [7, 11) is 0. The van der Waals surface area contributed by atoms with Crippen molar-refractivity contribution in [1.82, 2.24) is 4.90 Å². The maximum atomic E-state index is 11.9. The lowest BCUT2D eigenvalue weighted by Gasteiger charge is -2.19. The van der Waals surface area contributed by atoms with Crippen molar-refractivity contribution in [3.05, 3.63) is 54.3 Å². The SMILES string of the molecule is O=C1C=CCCN1C(=O)/C=C/c1cc2ccccc2o1. The fraction of sp³-hybridized carbons (Fsp3) is 0.125. The van der Waals surface area contributed by atoms with E-state index >= 15 is 0 Å². The van der Waals surface area contributed by atoms with Gasteiger partial charge in [-0.15, -0.1) is 0 Å². The van der Waals surface area contributed by atoms with Gasteiger partial charge in [0.15, 0.2) is 0 Å². The molecule has 0 saturated carbocycles. The summed E-state index contributed by atoms with van der Waals surface area (Å²) < 4.78 is 5.58. The van der Waals surface area contributed by atoms with E-state index in [4.69, 9.17) is 4.42 Å². The Morgan fingerprint density at radius 3 is 2.95 bits per heavy atom. The summed E-state index contributed by atoms with van der Waals surface area (Å²) in [5.41, 5.74) is 0.775. The van der Waals surface area contributed by atoms with E-state index < -0.39 is 0 Å². The molecule has 2 aromatic rings. The van der Waals surface area contributed by atoms with Crippen LogP contribution in [0.3, 0.4) is 0 Å². The third-order valence-corrected chi connectivity index (χ3v) is 3.15. The van der Waals surface area contributed by atoms with Gasteiger partial charge >= 0.3 is 0 Å². The maximum Gasteiger partial charge on any atom is 0.253 e. The highest BCUT2D eigenvalue weighted by atomic mass is 16.3. The van der Waals surface area contributed by atoms with E-state index in [1.54, 1.807) is 12.2 Å². The summed E-state index contributed by atoms with van der Waals surface area (Å²) in [5, 5.41) is 0.983. The van der Waals surface area contributed by atoms with Crippen LogP contribution in [0.1, 0.15) is 12.2 Å². The molecule has 4 nitrogen and oxygen atoms in total. The van der Waals surface area contributed by atoms with Gasteiger partial charge in [-0.2, -0.15) is 0 Å². The predicted octanol–water partition coefficient (Wildman–Crippen LogP) is 2.76. The van der Waals surface area contributed by atoms with E-state index in [0.29, 0.717) is 18.7 Å². The highest BCUT2D eigenvalue weighted by Gasteiger charge is 2.18. The van der Waals surface area contributed by atoms with Gasteiger partial charge in [0.05, 0.1) is 0 Å². The fourth-order valence-corrected chi connectivity index (χ4v) is 2.13. The number of furan rings is 1. The standard InChI is InChI=1S/C16H13NO3/c18-15-7-3-4-10-17(15)16(19)9-8-13-11-12-5-1-2-6-14(12)20-13/h1-3,5-9,11H,4,10H2/b9-8+. The van der Waals surface area contributed by atoms with E-state index in [1.807, 2.05) is 30.3 Å². The van der Waals surface area contributed by atoms with Crippen molar-refractivity contribution >= 4 is 28.9 Å². The van der Waals surface area contributed by atoms with Gasteiger partial charge in [-0.3, -0.25) is 14.5 Å². The van der Waals surface area contributed by atoms with Gasteiger partial charge in [0, 0.05) is 18.0 Å². The van der Waals surface area contributed by atoms with Gasteiger partial charge in [-0.05, 0) is 30.7 Å². The smallest absolute Gasteiger partial charge is 0.253 e. The van der Waals surface area contributed by atoms with Crippen LogP contribution < -0.4 is 0 Å². The lowest BCUT2D eigenvalue weighted by molar-refractivity contribution is -0.139. The van der Waals surface area contributed by atoms with Crippen LogP contribution in [0.15, 0.2) is 53.0 Å². The second-order valence-corrected chi connectivity index (χ2v) is 4.54. The summed E-state index contributed by atoms with van der Waals surface area (Å²) in [5.74, 6) is 0.00913. The van der Waals surface area contributed by atoms with Crippen molar-refractivity contribution in [2.45, 2.75) is 6.42 Å². The Morgan fingerprint density at radius 2 is 2.15 bits per heavy atom. The number of benzene rings is 1. The third kappa shape index (κ3) is 2.40. The molecule has 100 valence electrons. The van der Waals surface area contributed by atoms with Gasteiger partial charge < -0.3 is 4.42 Å². The quantitative estimate of drug-likeness (QED) is 0.786. The van der Waals surface area contributed by atoms with Crippen molar-refractivity contribution in [2.75, 3.05) is 6.54 Å². The fourth-order valence-electron chi connectivity index (χ4n) is 2.13.